The van der Waals surface area contributed by atoms with Gasteiger partial charge in [0.15, 0.2) is 0 Å². The molecule has 0 bridgehead atoms. The molecule has 0 fully saturated rings. The van der Waals surface area contributed by atoms with Gasteiger partial charge in [-0.05, 0) is 12.8 Å². The van der Waals surface area contributed by atoms with E-state index >= 15 is 0 Å². The van der Waals surface area contributed by atoms with Crippen molar-refractivity contribution in [3.63, 3.8) is 0 Å². The molecule has 2 unspecified atom stereocenters. The maximum absolute atomic E-state index is 11.4. The van der Waals surface area contributed by atoms with Crippen molar-refractivity contribution in [1.82, 2.24) is 10.6 Å². The molecule has 0 aromatic heterocycles. The monoisotopic (exact) mass is 246 g/mol. The summed E-state index contributed by atoms with van der Waals surface area (Å²) in [4.78, 5) is 33.2. The number of methoxy groups -OCH3 is 1. The van der Waals surface area contributed by atoms with Crippen molar-refractivity contribution in [3.05, 3.63) is 0 Å². The number of carbonyl (C=O) groups is 3. The lowest BCUT2D eigenvalue weighted by molar-refractivity contribution is -0.142. The van der Waals surface area contributed by atoms with E-state index in [1.54, 1.807) is 13.8 Å². The van der Waals surface area contributed by atoms with E-state index < -0.39 is 30.1 Å². The first-order chi connectivity index (χ1) is 7.79. The number of urea groups is 1. The van der Waals surface area contributed by atoms with Gasteiger partial charge in [-0.3, -0.25) is 0 Å². The molecule has 0 aromatic rings. The Hall–Kier alpha value is -1.79. The number of carboxylic acid groups (broad SMARTS) is 1. The molecule has 0 rings (SSSR count). The van der Waals surface area contributed by atoms with Crippen LogP contribution in [-0.2, 0) is 14.3 Å². The molecule has 7 heteroatoms. The van der Waals surface area contributed by atoms with E-state index in [0.29, 0.717) is 0 Å². The van der Waals surface area contributed by atoms with Crippen molar-refractivity contribution in [2.75, 3.05) is 7.11 Å². The molecular weight excluding hydrogens is 228 g/mol. The maximum atomic E-state index is 11.4. The number of aliphatic carboxylic acids is 1. The first kappa shape index (κ1) is 15.2. The summed E-state index contributed by atoms with van der Waals surface area (Å²) in [5, 5.41) is 13.4. The Balaban J connectivity index is 4.34. The second kappa shape index (κ2) is 6.72. The molecule has 2 amide bonds. The minimum Gasteiger partial charge on any atom is -0.480 e. The van der Waals surface area contributed by atoms with E-state index in [9.17, 15) is 14.4 Å². The molecule has 0 saturated carbocycles. The molecule has 0 radical (unpaired) electrons. The number of esters is 1. The zero-order valence-corrected chi connectivity index (χ0v) is 10.3. The molecular formula is C10H18N2O5. The fourth-order valence-electron chi connectivity index (χ4n) is 1.13. The summed E-state index contributed by atoms with van der Waals surface area (Å²) in [7, 11) is 1.20. The topological polar surface area (TPSA) is 105 Å². The lowest BCUT2D eigenvalue weighted by atomic mass is 10.1. The second-order valence-electron chi connectivity index (χ2n) is 3.92. The lowest BCUT2D eigenvalue weighted by Gasteiger charge is -2.19. The molecule has 17 heavy (non-hydrogen) atoms. The van der Waals surface area contributed by atoms with Crippen LogP contribution < -0.4 is 10.6 Å². The van der Waals surface area contributed by atoms with E-state index in [4.69, 9.17) is 5.11 Å². The number of carbonyl (C=O) groups excluding carboxylic acids is 2. The third kappa shape index (κ3) is 5.19. The molecule has 0 saturated heterocycles. The highest BCUT2D eigenvalue weighted by Gasteiger charge is 2.25. The van der Waals surface area contributed by atoms with Crippen molar-refractivity contribution < 1.29 is 24.2 Å². The third-order valence-corrected chi connectivity index (χ3v) is 2.12. The smallest absolute Gasteiger partial charge is 0.328 e. The van der Waals surface area contributed by atoms with Gasteiger partial charge in [-0.25, -0.2) is 14.4 Å². The van der Waals surface area contributed by atoms with E-state index in [0.717, 1.165) is 0 Å². The summed E-state index contributed by atoms with van der Waals surface area (Å²) < 4.78 is 4.42. The highest BCUT2D eigenvalue weighted by Crippen LogP contribution is 2.01. The van der Waals surface area contributed by atoms with Crippen molar-refractivity contribution in [3.8, 4) is 0 Å². The average molecular weight is 246 g/mol. The predicted molar refractivity (Wildman–Crippen MR) is 59.4 cm³/mol. The van der Waals surface area contributed by atoms with Crippen LogP contribution in [0.1, 0.15) is 20.8 Å². The number of hydrogen-bond donors (Lipinski definition) is 3. The van der Waals surface area contributed by atoms with Crippen molar-refractivity contribution in [2.45, 2.75) is 32.9 Å². The van der Waals surface area contributed by atoms with Gasteiger partial charge in [-0.1, -0.05) is 13.8 Å². The van der Waals surface area contributed by atoms with Crippen LogP contribution in [0.4, 0.5) is 4.79 Å². The first-order valence-electron chi connectivity index (χ1n) is 5.17. The number of amides is 2. The van der Waals surface area contributed by atoms with Crippen LogP contribution >= 0.6 is 0 Å². The van der Waals surface area contributed by atoms with Crippen molar-refractivity contribution in [1.29, 1.82) is 0 Å². The number of carboxylic acids is 1. The lowest BCUT2D eigenvalue weighted by Crippen LogP contribution is -2.52. The molecule has 0 aliphatic heterocycles. The third-order valence-electron chi connectivity index (χ3n) is 2.12. The Morgan fingerprint density at radius 2 is 1.65 bits per heavy atom. The van der Waals surface area contributed by atoms with Crippen LogP contribution in [0, 0.1) is 5.92 Å². The summed E-state index contributed by atoms with van der Waals surface area (Å²) in [6, 6.07) is -2.55. The second-order valence-corrected chi connectivity index (χ2v) is 3.92. The van der Waals surface area contributed by atoms with Gasteiger partial charge in [-0.15, -0.1) is 0 Å². The first-order valence-corrected chi connectivity index (χ1v) is 5.17. The molecule has 0 heterocycles. The molecule has 0 aliphatic rings. The molecule has 0 aliphatic carbocycles. The zero-order chi connectivity index (χ0) is 13.6. The predicted octanol–water partition coefficient (Wildman–Crippen LogP) is -0.0437. The molecule has 0 aromatic carbocycles. The van der Waals surface area contributed by atoms with Crippen LogP contribution in [0.5, 0.6) is 0 Å². The van der Waals surface area contributed by atoms with Gasteiger partial charge < -0.3 is 20.5 Å². The summed E-state index contributed by atoms with van der Waals surface area (Å²) in [5.74, 6) is -1.98. The normalized spacial score (nSPS) is 13.7. The van der Waals surface area contributed by atoms with E-state index in [1.807, 2.05) is 0 Å². The molecule has 2 atom stereocenters. The molecule has 7 nitrogen and oxygen atoms in total. The minimum atomic E-state index is -1.12. The SMILES string of the molecule is COC(=O)C(C)NC(=O)NC(C(=O)O)C(C)C. The van der Waals surface area contributed by atoms with Gasteiger partial charge in [0.05, 0.1) is 7.11 Å². The maximum Gasteiger partial charge on any atom is 0.328 e. The summed E-state index contributed by atoms with van der Waals surface area (Å²) >= 11 is 0. The van der Waals surface area contributed by atoms with E-state index in [1.165, 1.54) is 14.0 Å². The van der Waals surface area contributed by atoms with Crippen LogP contribution in [-0.4, -0.2) is 42.3 Å². The summed E-state index contributed by atoms with van der Waals surface area (Å²) in [6.07, 6.45) is 0. The largest absolute Gasteiger partial charge is 0.480 e. The number of hydrogen-bond acceptors (Lipinski definition) is 4. The summed E-state index contributed by atoms with van der Waals surface area (Å²) in [5.41, 5.74) is 0. The highest BCUT2D eigenvalue weighted by atomic mass is 16.5. The minimum absolute atomic E-state index is 0.258. The van der Waals surface area contributed by atoms with Crippen LogP contribution in [0.15, 0.2) is 0 Å². The molecule has 3 N–H and O–H groups in total. The Morgan fingerprint density at radius 3 is 2.00 bits per heavy atom. The highest BCUT2D eigenvalue weighted by molar-refractivity contribution is 5.86. The van der Waals surface area contributed by atoms with Gasteiger partial charge in [0.2, 0.25) is 0 Å². The summed E-state index contributed by atoms with van der Waals surface area (Å²) in [6.45, 7) is 4.78. The van der Waals surface area contributed by atoms with Gasteiger partial charge in [0.25, 0.3) is 0 Å². The van der Waals surface area contributed by atoms with Crippen molar-refractivity contribution in [2.24, 2.45) is 5.92 Å². The fourth-order valence-corrected chi connectivity index (χ4v) is 1.13. The van der Waals surface area contributed by atoms with Gasteiger partial charge in [0.1, 0.15) is 12.1 Å². The quantitative estimate of drug-likeness (QED) is 0.590. The van der Waals surface area contributed by atoms with E-state index in [-0.39, 0.29) is 5.92 Å². The van der Waals surface area contributed by atoms with Crippen LogP contribution in [0.25, 0.3) is 0 Å². The van der Waals surface area contributed by atoms with Gasteiger partial charge >= 0.3 is 18.0 Å². The Bertz CT molecular complexity index is 303. The number of ether oxygens (including phenoxy) is 1. The van der Waals surface area contributed by atoms with Gasteiger partial charge in [-0.2, -0.15) is 0 Å². The Labute approximate surface area is 99.5 Å². The number of rotatable bonds is 5. The molecule has 0 spiro atoms. The standard InChI is InChI=1S/C10H18N2O5/c1-5(2)7(8(13)14)12-10(16)11-6(3)9(15)17-4/h5-7H,1-4H3,(H,13,14)(H2,11,12,16). The van der Waals surface area contributed by atoms with Crippen LogP contribution in [0.3, 0.4) is 0 Å². The Morgan fingerprint density at radius 1 is 1.12 bits per heavy atom. The zero-order valence-electron chi connectivity index (χ0n) is 10.3. The van der Waals surface area contributed by atoms with Crippen LogP contribution in [0.2, 0.25) is 0 Å². The van der Waals surface area contributed by atoms with E-state index in [2.05, 4.69) is 15.4 Å². The van der Waals surface area contributed by atoms with Gasteiger partial charge in [0, 0.05) is 0 Å². The molecule has 98 valence electrons. The Kier molecular flexibility index (Phi) is 6.01. The fraction of sp³-hybridized carbons (Fsp3) is 0.700. The number of nitrogens with one attached hydrogen (secondary N) is 2. The van der Waals surface area contributed by atoms with Crippen molar-refractivity contribution >= 4 is 18.0 Å². The average Bonchev–Trinajstić information content (AvgIpc) is 2.23.